The highest BCUT2D eigenvalue weighted by Gasteiger charge is 2.03. The summed E-state index contributed by atoms with van der Waals surface area (Å²) in [6.07, 6.45) is 0.400. The molecule has 2 rings (SSSR count). The Kier molecular flexibility index (Phi) is 3.94. The number of rotatable bonds is 4. The number of anilines is 1. The molecule has 0 unspecified atom stereocenters. The van der Waals surface area contributed by atoms with Gasteiger partial charge in [-0.2, -0.15) is 10.2 Å². The minimum atomic E-state index is 0.400. The lowest BCUT2D eigenvalue weighted by Gasteiger charge is -2.07. The van der Waals surface area contributed by atoms with Crippen LogP contribution in [0.3, 0.4) is 0 Å². The molecule has 0 radical (unpaired) electrons. The van der Waals surface area contributed by atoms with E-state index < -0.39 is 0 Å². The standard InChI is InChI=1S/C14H14N4O/c1-10-17-13(16-2)9-14(18-10)19-12-5-3-11(4-6-12)7-8-15/h3-6,9H,7H2,1-2H3,(H,16,17,18). The van der Waals surface area contributed by atoms with Gasteiger partial charge in [0.15, 0.2) is 0 Å². The summed E-state index contributed by atoms with van der Waals surface area (Å²) in [4.78, 5) is 8.40. The summed E-state index contributed by atoms with van der Waals surface area (Å²) < 4.78 is 5.66. The van der Waals surface area contributed by atoms with Crippen molar-refractivity contribution in [3.05, 3.63) is 41.7 Å². The van der Waals surface area contributed by atoms with Gasteiger partial charge < -0.3 is 10.1 Å². The second-order valence-electron chi connectivity index (χ2n) is 3.97. The fourth-order valence-corrected chi connectivity index (χ4v) is 1.61. The van der Waals surface area contributed by atoms with Crippen LogP contribution in [0.1, 0.15) is 11.4 Å². The molecule has 19 heavy (non-hydrogen) atoms. The molecule has 5 nitrogen and oxygen atoms in total. The second kappa shape index (κ2) is 5.83. The summed E-state index contributed by atoms with van der Waals surface area (Å²) in [5, 5.41) is 11.6. The van der Waals surface area contributed by atoms with Crippen LogP contribution in [0.2, 0.25) is 0 Å². The molecule has 1 N–H and O–H groups in total. The summed E-state index contributed by atoms with van der Waals surface area (Å²) in [5.41, 5.74) is 0.963. The van der Waals surface area contributed by atoms with Crippen LogP contribution in [-0.4, -0.2) is 17.0 Å². The third-order valence-corrected chi connectivity index (χ3v) is 2.50. The predicted molar refractivity (Wildman–Crippen MR) is 72.1 cm³/mol. The topological polar surface area (TPSA) is 70.8 Å². The van der Waals surface area contributed by atoms with Crippen molar-refractivity contribution in [2.24, 2.45) is 0 Å². The highest BCUT2D eigenvalue weighted by molar-refractivity contribution is 5.39. The third-order valence-electron chi connectivity index (χ3n) is 2.50. The molecule has 5 heteroatoms. The molecule has 0 spiro atoms. The monoisotopic (exact) mass is 254 g/mol. The van der Waals surface area contributed by atoms with Gasteiger partial charge in [0.1, 0.15) is 17.4 Å². The van der Waals surface area contributed by atoms with E-state index in [0.29, 0.717) is 29.7 Å². The Morgan fingerprint density at radius 3 is 2.63 bits per heavy atom. The molecule has 1 aromatic heterocycles. The lowest BCUT2D eigenvalue weighted by atomic mass is 10.2. The zero-order valence-corrected chi connectivity index (χ0v) is 10.8. The number of benzene rings is 1. The fraction of sp³-hybridized carbons (Fsp3) is 0.214. The van der Waals surface area contributed by atoms with E-state index in [9.17, 15) is 0 Å². The van der Waals surface area contributed by atoms with E-state index in [1.54, 1.807) is 13.1 Å². The Labute approximate surface area is 111 Å². The van der Waals surface area contributed by atoms with Gasteiger partial charge >= 0.3 is 0 Å². The van der Waals surface area contributed by atoms with E-state index >= 15 is 0 Å². The number of nitrogens with zero attached hydrogens (tertiary/aromatic N) is 3. The Morgan fingerprint density at radius 2 is 2.00 bits per heavy atom. The van der Waals surface area contributed by atoms with Crippen molar-refractivity contribution < 1.29 is 4.74 Å². The molecule has 0 saturated carbocycles. The molecule has 0 bridgehead atoms. The van der Waals surface area contributed by atoms with Crippen LogP contribution in [0.15, 0.2) is 30.3 Å². The first kappa shape index (κ1) is 12.8. The molecule has 0 aliphatic rings. The molecule has 0 fully saturated rings. The van der Waals surface area contributed by atoms with Gasteiger partial charge in [0.05, 0.1) is 12.5 Å². The smallest absolute Gasteiger partial charge is 0.224 e. The van der Waals surface area contributed by atoms with Crippen molar-refractivity contribution in [1.82, 2.24) is 9.97 Å². The molecule has 0 aliphatic carbocycles. The maximum atomic E-state index is 8.61. The number of aryl methyl sites for hydroxylation is 1. The molecule has 0 atom stereocenters. The van der Waals surface area contributed by atoms with Gasteiger partial charge in [0.25, 0.3) is 0 Å². The van der Waals surface area contributed by atoms with Crippen molar-refractivity contribution in [2.75, 3.05) is 12.4 Å². The Bertz CT molecular complexity index is 602. The van der Waals surface area contributed by atoms with Crippen LogP contribution in [0.25, 0.3) is 0 Å². The molecule has 0 amide bonds. The maximum absolute atomic E-state index is 8.61. The Hall–Kier alpha value is -2.61. The van der Waals surface area contributed by atoms with Crippen molar-refractivity contribution >= 4 is 5.82 Å². The van der Waals surface area contributed by atoms with Crippen LogP contribution in [0.5, 0.6) is 11.6 Å². The Balaban J connectivity index is 2.16. The Morgan fingerprint density at radius 1 is 1.26 bits per heavy atom. The lowest BCUT2D eigenvalue weighted by molar-refractivity contribution is 0.460. The van der Waals surface area contributed by atoms with Gasteiger partial charge in [-0.3, -0.25) is 0 Å². The number of ether oxygens (including phenoxy) is 1. The maximum Gasteiger partial charge on any atom is 0.224 e. The first-order valence-corrected chi connectivity index (χ1v) is 5.88. The van der Waals surface area contributed by atoms with Gasteiger partial charge in [0, 0.05) is 13.1 Å². The summed E-state index contributed by atoms with van der Waals surface area (Å²) in [6.45, 7) is 1.81. The van der Waals surface area contributed by atoms with Crippen molar-refractivity contribution in [2.45, 2.75) is 13.3 Å². The van der Waals surface area contributed by atoms with E-state index in [1.165, 1.54) is 0 Å². The van der Waals surface area contributed by atoms with Crippen molar-refractivity contribution in [3.63, 3.8) is 0 Å². The van der Waals surface area contributed by atoms with E-state index in [0.717, 1.165) is 5.56 Å². The lowest BCUT2D eigenvalue weighted by Crippen LogP contribution is -1.98. The first-order valence-electron chi connectivity index (χ1n) is 5.88. The number of hydrogen-bond donors (Lipinski definition) is 1. The quantitative estimate of drug-likeness (QED) is 0.908. The highest BCUT2D eigenvalue weighted by Crippen LogP contribution is 2.21. The highest BCUT2D eigenvalue weighted by atomic mass is 16.5. The molecular weight excluding hydrogens is 240 g/mol. The van der Waals surface area contributed by atoms with E-state index in [2.05, 4.69) is 21.4 Å². The molecule has 1 aromatic carbocycles. The van der Waals surface area contributed by atoms with Gasteiger partial charge in [0.2, 0.25) is 5.88 Å². The third kappa shape index (κ3) is 3.42. The average molecular weight is 254 g/mol. The van der Waals surface area contributed by atoms with Gasteiger partial charge in [-0.15, -0.1) is 0 Å². The molecular formula is C14H14N4O. The molecule has 1 heterocycles. The largest absolute Gasteiger partial charge is 0.439 e. The van der Waals surface area contributed by atoms with E-state index in [-0.39, 0.29) is 0 Å². The van der Waals surface area contributed by atoms with Crippen LogP contribution in [0.4, 0.5) is 5.82 Å². The normalized spacial score (nSPS) is 9.74. The molecule has 2 aromatic rings. The minimum absolute atomic E-state index is 0.400. The van der Waals surface area contributed by atoms with Crippen molar-refractivity contribution in [3.8, 4) is 17.7 Å². The first-order chi connectivity index (χ1) is 9.21. The number of nitrogens with one attached hydrogen (secondary N) is 1. The summed E-state index contributed by atoms with van der Waals surface area (Å²) in [6, 6.07) is 11.2. The van der Waals surface area contributed by atoms with Crippen LogP contribution in [-0.2, 0) is 6.42 Å². The minimum Gasteiger partial charge on any atom is -0.439 e. The summed E-state index contributed by atoms with van der Waals surface area (Å²) >= 11 is 0. The van der Waals surface area contributed by atoms with Crippen molar-refractivity contribution in [1.29, 1.82) is 5.26 Å². The van der Waals surface area contributed by atoms with Gasteiger partial charge in [-0.1, -0.05) is 12.1 Å². The van der Waals surface area contributed by atoms with Crippen LogP contribution < -0.4 is 10.1 Å². The molecule has 0 saturated heterocycles. The van der Waals surface area contributed by atoms with Gasteiger partial charge in [-0.05, 0) is 24.6 Å². The SMILES string of the molecule is CNc1cc(Oc2ccc(CC#N)cc2)nc(C)n1. The zero-order chi connectivity index (χ0) is 13.7. The predicted octanol–water partition coefficient (Wildman–Crippen LogP) is 2.69. The zero-order valence-electron chi connectivity index (χ0n) is 10.8. The van der Waals surface area contributed by atoms with E-state index in [1.807, 2.05) is 31.2 Å². The number of hydrogen-bond acceptors (Lipinski definition) is 5. The number of nitriles is 1. The average Bonchev–Trinajstić information content (AvgIpc) is 2.40. The summed E-state index contributed by atoms with van der Waals surface area (Å²) in [7, 11) is 1.79. The fourth-order valence-electron chi connectivity index (χ4n) is 1.61. The van der Waals surface area contributed by atoms with E-state index in [4.69, 9.17) is 10.00 Å². The second-order valence-corrected chi connectivity index (χ2v) is 3.97. The molecule has 96 valence electrons. The summed E-state index contributed by atoms with van der Waals surface area (Å²) in [5.74, 6) is 2.53. The molecule has 0 aliphatic heterocycles. The van der Waals surface area contributed by atoms with Crippen LogP contribution in [0, 0.1) is 18.3 Å². The van der Waals surface area contributed by atoms with Crippen LogP contribution >= 0.6 is 0 Å². The van der Waals surface area contributed by atoms with Gasteiger partial charge in [-0.25, -0.2) is 4.98 Å². The number of aromatic nitrogens is 2.